The summed E-state index contributed by atoms with van der Waals surface area (Å²) >= 11 is 6.00. The lowest BCUT2D eigenvalue weighted by atomic mass is 10.3. The molecule has 0 unspecified atom stereocenters. The van der Waals surface area contributed by atoms with E-state index in [9.17, 15) is 0 Å². The number of hydrogen-bond acceptors (Lipinski definition) is 3. The fraction of sp³-hybridized carbons (Fsp3) is 0.308. The molecule has 0 aliphatic carbocycles. The van der Waals surface area contributed by atoms with Crippen molar-refractivity contribution in [3.8, 4) is 5.75 Å². The molecule has 96 valence electrons. The predicted octanol–water partition coefficient (Wildman–Crippen LogP) is 3.28. The van der Waals surface area contributed by atoms with Crippen molar-refractivity contribution in [1.82, 2.24) is 9.55 Å². The van der Waals surface area contributed by atoms with E-state index in [0.29, 0.717) is 23.3 Å². The zero-order valence-corrected chi connectivity index (χ0v) is 11.2. The third-order valence-electron chi connectivity index (χ3n) is 2.58. The van der Waals surface area contributed by atoms with Crippen LogP contribution in [-0.4, -0.2) is 9.55 Å². The smallest absolute Gasteiger partial charge is 0.200 e. The van der Waals surface area contributed by atoms with Gasteiger partial charge < -0.3 is 15.0 Å². The van der Waals surface area contributed by atoms with Crippen molar-refractivity contribution in [2.45, 2.75) is 26.5 Å². The first-order valence-electron chi connectivity index (χ1n) is 5.78. The van der Waals surface area contributed by atoms with Crippen molar-refractivity contribution in [3.05, 3.63) is 41.2 Å². The number of aromatic nitrogens is 2. The summed E-state index contributed by atoms with van der Waals surface area (Å²) in [7, 11) is 0. The Morgan fingerprint density at radius 1 is 1.39 bits per heavy atom. The van der Waals surface area contributed by atoms with Crippen LogP contribution < -0.4 is 10.5 Å². The van der Waals surface area contributed by atoms with E-state index in [4.69, 9.17) is 22.1 Å². The summed E-state index contributed by atoms with van der Waals surface area (Å²) in [6.45, 7) is 4.46. The van der Waals surface area contributed by atoms with Crippen LogP contribution in [-0.2, 0) is 6.61 Å². The Morgan fingerprint density at radius 2 is 2.11 bits per heavy atom. The van der Waals surface area contributed by atoms with E-state index in [1.807, 2.05) is 29.0 Å². The molecule has 18 heavy (non-hydrogen) atoms. The van der Waals surface area contributed by atoms with Gasteiger partial charge in [0.1, 0.15) is 12.4 Å². The van der Waals surface area contributed by atoms with Crippen LogP contribution >= 0.6 is 11.6 Å². The predicted molar refractivity (Wildman–Crippen MR) is 72.8 cm³/mol. The molecule has 2 aromatic rings. The quantitative estimate of drug-likeness (QED) is 0.923. The standard InChI is InChI=1S/C13H16ClN3O/c1-9(2)17-7-10(16-13(17)15)8-18-12-6-4-3-5-11(12)14/h3-7,9H,8H2,1-2H3,(H2,15,16). The van der Waals surface area contributed by atoms with Gasteiger partial charge in [-0.2, -0.15) is 0 Å². The van der Waals surface area contributed by atoms with Gasteiger partial charge in [-0.25, -0.2) is 4.98 Å². The molecular weight excluding hydrogens is 250 g/mol. The number of nitrogen functional groups attached to an aromatic ring is 1. The summed E-state index contributed by atoms with van der Waals surface area (Å²) < 4.78 is 7.52. The first-order chi connectivity index (χ1) is 8.58. The van der Waals surface area contributed by atoms with Gasteiger partial charge in [-0.05, 0) is 26.0 Å². The molecule has 0 saturated carbocycles. The molecule has 0 radical (unpaired) electrons. The minimum absolute atomic E-state index is 0.284. The van der Waals surface area contributed by atoms with Crippen LogP contribution in [0.4, 0.5) is 5.95 Å². The molecule has 1 aromatic carbocycles. The molecular formula is C13H16ClN3O. The Bertz CT molecular complexity index is 537. The van der Waals surface area contributed by atoms with Crippen LogP contribution in [0.25, 0.3) is 0 Å². The number of halogens is 1. The summed E-state index contributed by atoms with van der Waals surface area (Å²) in [5.74, 6) is 1.15. The van der Waals surface area contributed by atoms with Gasteiger partial charge in [0.15, 0.2) is 0 Å². The van der Waals surface area contributed by atoms with Crippen LogP contribution in [0.1, 0.15) is 25.6 Å². The maximum absolute atomic E-state index is 6.00. The molecule has 0 fully saturated rings. The number of para-hydroxylation sites is 1. The van der Waals surface area contributed by atoms with Gasteiger partial charge in [-0.1, -0.05) is 23.7 Å². The summed E-state index contributed by atoms with van der Waals surface area (Å²) in [6, 6.07) is 7.64. The molecule has 0 spiro atoms. The molecule has 0 amide bonds. The lowest BCUT2D eigenvalue weighted by Crippen LogP contribution is -2.03. The monoisotopic (exact) mass is 265 g/mol. The molecule has 0 atom stereocenters. The number of rotatable bonds is 4. The zero-order chi connectivity index (χ0) is 13.1. The highest BCUT2D eigenvalue weighted by Gasteiger charge is 2.08. The van der Waals surface area contributed by atoms with E-state index >= 15 is 0 Å². The molecule has 0 aliphatic heterocycles. The Balaban J connectivity index is 2.07. The van der Waals surface area contributed by atoms with Crippen LogP contribution in [0.5, 0.6) is 5.75 Å². The van der Waals surface area contributed by atoms with Gasteiger partial charge in [0.25, 0.3) is 0 Å². The average Bonchev–Trinajstić information content (AvgIpc) is 2.70. The molecule has 2 rings (SSSR count). The second-order valence-corrected chi connectivity index (χ2v) is 4.72. The first kappa shape index (κ1) is 12.8. The van der Waals surface area contributed by atoms with Gasteiger partial charge in [-0.3, -0.25) is 0 Å². The third-order valence-corrected chi connectivity index (χ3v) is 2.89. The lowest BCUT2D eigenvalue weighted by Gasteiger charge is -2.07. The van der Waals surface area contributed by atoms with Crippen molar-refractivity contribution < 1.29 is 4.74 Å². The fourth-order valence-corrected chi connectivity index (χ4v) is 1.85. The SMILES string of the molecule is CC(C)n1cc(COc2ccccc2Cl)nc1N. The highest BCUT2D eigenvalue weighted by Crippen LogP contribution is 2.24. The number of nitrogens with zero attached hydrogens (tertiary/aromatic N) is 2. The van der Waals surface area contributed by atoms with Crippen molar-refractivity contribution in [1.29, 1.82) is 0 Å². The van der Waals surface area contributed by atoms with Crippen molar-refractivity contribution in [2.75, 3.05) is 5.73 Å². The molecule has 1 aromatic heterocycles. The largest absolute Gasteiger partial charge is 0.486 e. The van der Waals surface area contributed by atoms with E-state index in [-0.39, 0.29) is 6.04 Å². The Kier molecular flexibility index (Phi) is 3.77. The molecule has 0 saturated heterocycles. The molecule has 2 N–H and O–H groups in total. The number of anilines is 1. The third kappa shape index (κ3) is 2.76. The summed E-state index contributed by atoms with van der Waals surface area (Å²) in [4.78, 5) is 4.25. The highest BCUT2D eigenvalue weighted by atomic mass is 35.5. The van der Waals surface area contributed by atoms with E-state index in [0.717, 1.165) is 5.69 Å². The zero-order valence-electron chi connectivity index (χ0n) is 10.4. The number of ether oxygens (including phenoxy) is 1. The Labute approximate surface area is 111 Å². The van der Waals surface area contributed by atoms with Gasteiger partial charge in [0.2, 0.25) is 5.95 Å². The summed E-state index contributed by atoms with van der Waals surface area (Å²) in [5, 5.41) is 0.591. The molecule has 0 bridgehead atoms. The fourth-order valence-electron chi connectivity index (χ4n) is 1.66. The van der Waals surface area contributed by atoms with Crippen molar-refractivity contribution in [2.24, 2.45) is 0 Å². The summed E-state index contributed by atoms with van der Waals surface area (Å²) in [5.41, 5.74) is 6.60. The van der Waals surface area contributed by atoms with Crippen molar-refractivity contribution in [3.63, 3.8) is 0 Å². The van der Waals surface area contributed by atoms with Gasteiger partial charge >= 0.3 is 0 Å². The summed E-state index contributed by atoms with van der Waals surface area (Å²) in [6.07, 6.45) is 1.90. The number of nitrogens with two attached hydrogens (primary N) is 1. The van der Waals surface area contributed by atoms with E-state index in [2.05, 4.69) is 18.8 Å². The Morgan fingerprint density at radius 3 is 2.72 bits per heavy atom. The van der Waals surface area contributed by atoms with E-state index in [1.165, 1.54) is 0 Å². The average molecular weight is 266 g/mol. The number of hydrogen-bond donors (Lipinski definition) is 1. The highest BCUT2D eigenvalue weighted by molar-refractivity contribution is 6.32. The maximum atomic E-state index is 6.00. The molecule has 1 heterocycles. The molecule has 4 nitrogen and oxygen atoms in total. The Hall–Kier alpha value is -1.68. The first-order valence-corrected chi connectivity index (χ1v) is 6.16. The normalized spacial score (nSPS) is 10.9. The van der Waals surface area contributed by atoms with Crippen LogP contribution in [0, 0.1) is 0 Å². The van der Waals surface area contributed by atoms with Crippen LogP contribution in [0.2, 0.25) is 5.02 Å². The second kappa shape index (κ2) is 5.31. The minimum Gasteiger partial charge on any atom is -0.486 e. The van der Waals surface area contributed by atoms with Gasteiger partial charge in [0, 0.05) is 12.2 Å². The lowest BCUT2D eigenvalue weighted by molar-refractivity contribution is 0.302. The van der Waals surface area contributed by atoms with Crippen LogP contribution in [0.3, 0.4) is 0 Å². The van der Waals surface area contributed by atoms with Gasteiger partial charge in [-0.15, -0.1) is 0 Å². The number of imidazole rings is 1. The van der Waals surface area contributed by atoms with E-state index in [1.54, 1.807) is 6.07 Å². The molecule has 0 aliphatic rings. The van der Waals surface area contributed by atoms with Crippen molar-refractivity contribution >= 4 is 17.5 Å². The van der Waals surface area contributed by atoms with E-state index < -0.39 is 0 Å². The molecule has 5 heteroatoms. The maximum Gasteiger partial charge on any atom is 0.200 e. The van der Waals surface area contributed by atoms with Crippen LogP contribution in [0.15, 0.2) is 30.5 Å². The second-order valence-electron chi connectivity index (χ2n) is 4.31. The number of benzene rings is 1. The van der Waals surface area contributed by atoms with Gasteiger partial charge in [0.05, 0.1) is 10.7 Å². The topological polar surface area (TPSA) is 53.1 Å². The minimum atomic E-state index is 0.284.